The first kappa shape index (κ1) is 5.30. The molecule has 1 rings (SSSR count). The van der Waals surface area contributed by atoms with Gasteiger partial charge in [-0.2, -0.15) is 0 Å². The Kier molecular flexibility index (Phi) is 1.29. The number of rotatable bonds is 1. The van der Waals surface area contributed by atoms with E-state index in [1.54, 1.807) is 0 Å². The molecule has 0 spiro atoms. The van der Waals surface area contributed by atoms with Crippen molar-refractivity contribution >= 4 is 5.84 Å². The number of hydrazone groups is 1. The van der Waals surface area contributed by atoms with Crippen LogP contribution < -0.4 is 11.1 Å². The summed E-state index contributed by atoms with van der Waals surface area (Å²) in [5.41, 5.74) is 4.40. The predicted molar refractivity (Wildman–Crippen MR) is 26.9 cm³/mol. The molecule has 0 aromatic heterocycles. The molecule has 8 heavy (non-hydrogen) atoms. The Morgan fingerprint density at radius 2 is 2.62 bits per heavy atom. The number of halogens is 1. The molecule has 0 amide bonds. The molecular formula is C3H7FN4. The topological polar surface area (TPSA) is 39.7 Å². The molecule has 2 N–H and O–H groups in total. The number of amidine groups is 1. The van der Waals surface area contributed by atoms with Crippen molar-refractivity contribution in [3.63, 3.8) is 0 Å². The van der Waals surface area contributed by atoms with Crippen LogP contribution in [0.4, 0.5) is 4.48 Å². The molecule has 0 saturated carbocycles. The van der Waals surface area contributed by atoms with Gasteiger partial charge in [0.1, 0.15) is 0 Å². The van der Waals surface area contributed by atoms with E-state index in [1.807, 2.05) is 6.92 Å². The molecule has 1 aliphatic heterocycles. The Hall–Kier alpha value is -0.840. The maximum Gasteiger partial charge on any atom is 0.175 e. The molecule has 0 bridgehead atoms. The van der Waals surface area contributed by atoms with Crippen LogP contribution in [0.25, 0.3) is 0 Å². The summed E-state index contributed by atoms with van der Waals surface area (Å²) in [6.45, 7) is 1.82. The summed E-state index contributed by atoms with van der Waals surface area (Å²) < 4.78 is 12.1. The predicted octanol–water partition coefficient (Wildman–Crippen LogP) is -0.0808. The molecule has 0 aromatic rings. The van der Waals surface area contributed by atoms with Crippen LogP contribution in [0.5, 0.6) is 0 Å². The lowest BCUT2D eigenvalue weighted by Gasteiger charge is -2.01. The Morgan fingerprint density at radius 3 is 2.88 bits per heavy atom. The van der Waals surface area contributed by atoms with Crippen LogP contribution in [0.1, 0.15) is 13.3 Å². The minimum atomic E-state index is 0.347. The molecule has 0 aromatic carbocycles. The minimum absolute atomic E-state index is 0.347. The minimum Gasteiger partial charge on any atom is -0.220 e. The van der Waals surface area contributed by atoms with Crippen molar-refractivity contribution in [3.05, 3.63) is 0 Å². The van der Waals surface area contributed by atoms with Crippen molar-refractivity contribution in [1.82, 2.24) is 16.3 Å². The van der Waals surface area contributed by atoms with Gasteiger partial charge in [-0.25, -0.2) is 5.53 Å². The summed E-state index contributed by atoms with van der Waals surface area (Å²) in [5, 5.41) is 3.89. The highest BCUT2D eigenvalue weighted by Crippen LogP contribution is 1.95. The highest BCUT2D eigenvalue weighted by molar-refractivity contribution is 5.81. The van der Waals surface area contributed by atoms with Crippen molar-refractivity contribution in [1.29, 1.82) is 0 Å². The second kappa shape index (κ2) is 1.95. The van der Waals surface area contributed by atoms with E-state index >= 15 is 0 Å². The lowest BCUT2D eigenvalue weighted by atomic mass is 10.5. The monoisotopic (exact) mass is 118 g/mol. The van der Waals surface area contributed by atoms with Gasteiger partial charge in [0.15, 0.2) is 5.84 Å². The van der Waals surface area contributed by atoms with Gasteiger partial charge in [0.2, 0.25) is 0 Å². The summed E-state index contributed by atoms with van der Waals surface area (Å²) in [6, 6.07) is 0. The van der Waals surface area contributed by atoms with E-state index in [9.17, 15) is 4.48 Å². The van der Waals surface area contributed by atoms with Gasteiger partial charge < -0.3 is 0 Å². The first-order chi connectivity index (χ1) is 3.84. The summed E-state index contributed by atoms with van der Waals surface area (Å²) in [5.74, 6) is 0.366. The smallest absolute Gasteiger partial charge is 0.175 e. The van der Waals surface area contributed by atoms with Gasteiger partial charge in [-0.15, -0.1) is 15.9 Å². The van der Waals surface area contributed by atoms with Gasteiger partial charge in [0, 0.05) is 6.42 Å². The van der Waals surface area contributed by atoms with Gasteiger partial charge in [-0.05, 0) is 0 Å². The largest absolute Gasteiger partial charge is 0.220 e. The second-order valence-corrected chi connectivity index (χ2v) is 1.39. The zero-order chi connectivity index (χ0) is 5.98. The van der Waals surface area contributed by atoms with Gasteiger partial charge in [0.25, 0.3) is 0 Å². The number of hydrazine groups is 2. The molecule has 1 heterocycles. The molecule has 5 heteroatoms. The Labute approximate surface area is 46.2 Å². The molecule has 46 valence electrons. The molecule has 1 aliphatic rings. The first-order valence-electron chi connectivity index (χ1n) is 2.37. The fourth-order valence-electron chi connectivity index (χ4n) is 0.460. The molecule has 4 nitrogen and oxygen atoms in total. The number of nitrogens with one attached hydrogen (secondary N) is 2. The number of hydrogen-bond donors (Lipinski definition) is 2. The average molecular weight is 118 g/mol. The van der Waals surface area contributed by atoms with Gasteiger partial charge >= 0.3 is 0 Å². The third-order valence-electron chi connectivity index (χ3n) is 0.876. The van der Waals surface area contributed by atoms with Crippen molar-refractivity contribution in [2.24, 2.45) is 5.10 Å². The van der Waals surface area contributed by atoms with E-state index in [2.05, 4.69) is 16.2 Å². The van der Waals surface area contributed by atoms with Crippen molar-refractivity contribution in [2.45, 2.75) is 13.3 Å². The van der Waals surface area contributed by atoms with Crippen LogP contribution in [-0.2, 0) is 0 Å². The summed E-state index contributed by atoms with van der Waals surface area (Å²) in [6.07, 6.45) is 0.580. The first-order valence-corrected chi connectivity index (χ1v) is 2.37. The second-order valence-electron chi connectivity index (χ2n) is 1.39. The molecule has 0 fully saturated rings. The van der Waals surface area contributed by atoms with E-state index in [1.165, 1.54) is 0 Å². The number of hydrogen-bond acceptors (Lipinski definition) is 4. The van der Waals surface area contributed by atoms with E-state index in [4.69, 9.17) is 0 Å². The highest BCUT2D eigenvalue weighted by atomic mass is 19.2. The maximum absolute atomic E-state index is 12.1. The van der Waals surface area contributed by atoms with Crippen LogP contribution in [0.2, 0.25) is 0 Å². The Morgan fingerprint density at radius 1 is 1.88 bits per heavy atom. The zero-order valence-electron chi connectivity index (χ0n) is 4.48. The fourth-order valence-corrected chi connectivity index (χ4v) is 0.460. The van der Waals surface area contributed by atoms with Crippen LogP contribution >= 0.6 is 0 Å². The van der Waals surface area contributed by atoms with Gasteiger partial charge in [-0.1, -0.05) is 11.4 Å². The van der Waals surface area contributed by atoms with Crippen LogP contribution in [0.3, 0.4) is 0 Å². The third kappa shape index (κ3) is 0.717. The van der Waals surface area contributed by atoms with Gasteiger partial charge in [0.05, 0.1) is 0 Å². The molecule has 0 aliphatic carbocycles. The molecule has 0 unspecified atom stereocenters. The molecule has 0 saturated heterocycles. The van der Waals surface area contributed by atoms with Crippen molar-refractivity contribution in [2.75, 3.05) is 0 Å². The average Bonchev–Trinajstić information content (AvgIpc) is 2.14. The molecular weight excluding hydrogens is 111 g/mol. The lowest BCUT2D eigenvalue weighted by Crippen LogP contribution is -2.33. The summed E-state index contributed by atoms with van der Waals surface area (Å²) in [4.78, 5) is 0. The van der Waals surface area contributed by atoms with Crippen molar-refractivity contribution < 1.29 is 4.48 Å². The van der Waals surface area contributed by atoms with E-state index in [-0.39, 0.29) is 0 Å². The zero-order valence-corrected chi connectivity index (χ0v) is 4.48. The van der Waals surface area contributed by atoms with Crippen LogP contribution in [0, 0.1) is 0 Å². The van der Waals surface area contributed by atoms with Crippen LogP contribution in [0.15, 0.2) is 5.10 Å². The van der Waals surface area contributed by atoms with E-state index in [0.717, 1.165) is 0 Å². The lowest BCUT2D eigenvalue weighted by molar-refractivity contribution is 0.0528. The SMILES string of the molecule is CCC1=NNNN1F. The van der Waals surface area contributed by atoms with Crippen LogP contribution in [-0.4, -0.2) is 11.1 Å². The van der Waals surface area contributed by atoms with E-state index in [0.29, 0.717) is 17.5 Å². The standard InChI is InChI=1S/C3H7FN4/c1-2-3-5-6-7-8(3)4/h6-7H,2H2,1H3. The number of nitrogens with zero attached hydrogens (tertiary/aromatic N) is 2. The van der Waals surface area contributed by atoms with Crippen molar-refractivity contribution in [3.8, 4) is 0 Å². The maximum atomic E-state index is 12.1. The fraction of sp³-hybridized carbons (Fsp3) is 0.667. The van der Waals surface area contributed by atoms with E-state index < -0.39 is 0 Å². The Bertz CT molecular complexity index is 112. The van der Waals surface area contributed by atoms with Gasteiger partial charge in [-0.3, -0.25) is 0 Å². The Balaban J connectivity index is 2.49. The highest BCUT2D eigenvalue weighted by Gasteiger charge is 2.11. The molecule has 0 atom stereocenters. The summed E-state index contributed by atoms with van der Waals surface area (Å²) >= 11 is 0. The quantitative estimate of drug-likeness (QED) is 0.473. The third-order valence-corrected chi connectivity index (χ3v) is 0.876. The molecule has 0 radical (unpaired) electrons. The summed E-state index contributed by atoms with van der Waals surface area (Å²) in [7, 11) is 0. The normalized spacial score (nSPS) is 18.2.